The zero-order chi connectivity index (χ0) is 39.7. The summed E-state index contributed by atoms with van der Waals surface area (Å²) in [7, 11) is 3.63. The molecule has 1 N–H and O–H groups in total. The highest BCUT2D eigenvalue weighted by atomic mass is 35.5. The standard InChI is InChI=1S/C42H42Cl2N8O4/c1-22-16-29(17-23(2)37(22)44)56-15-9-11-30-31-13-14-32(43)36(35-25(4)46-48(6)26(35)5)39(31)52-24(3)20-51(41(53)40(30)52)33-12-8-10-27-18-34(42(54)55)50(38(27)33)21-28-19-45-49(7)47-28/h8,10,12-14,16-19,24H,9,11,15,20-21H2,1-7H3,(H,54,55). The number of hydrogen-bond acceptors (Lipinski definition) is 6. The summed E-state index contributed by atoms with van der Waals surface area (Å²) in [6, 6.07) is 14.9. The number of aromatic carboxylic acids is 1. The summed E-state index contributed by atoms with van der Waals surface area (Å²) in [5.41, 5.74) is 9.82. The molecule has 288 valence electrons. The maximum Gasteiger partial charge on any atom is 0.352 e. The van der Waals surface area contributed by atoms with Crippen LogP contribution in [0.15, 0.2) is 54.7 Å². The lowest BCUT2D eigenvalue weighted by Gasteiger charge is -2.35. The number of nitrogens with zero attached hydrogens (tertiary/aromatic N) is 8. The fraction of sp³-hybridized carbons (Fsp3) is 0.310. The van der Waals surface area contributed by atoms with Crippen molar-refractivity contribution < 1.29 is 19.4 Å². The maximum absolute atomic E-state index is 15.3. The van der Waals surface area contributed by atoms with Crippen LogP contribution in [-0.4, -0.2) is 64.0 Å². The number of amides is 1. The van der Waals surface area contributed by atoms with Crippen LogP contribution < -0.4 is 9.64 Å². The van der Waals surface area contributed by atoms with E-state index in [1.165, 1.54) is 4.80 Å². The molecule has 0 fully saturated rings. The molecular formula is C42H42Cl2N8O4. The fourth-order valence-corrected chi connectivity index (χ4v) is 8.78. The van der Waals surface area contributed by atoms with Gasteiger partial charge in [0, 0.05) is 59.3 Å². The van der Waals surface area contributed by atoms with E-state index in [0.29, 0.717) is 59.0 Å². The Balaban J connectivity index is 1.28. The second-order valence-corrected chi connectivity index (χ2v) is 15.5. The van der Waals surface area contributed by atoms with Crippen LogP contribution in [0.5, 0.6) is 5.75 Å². The lowest BCUT2D eigenvalue weighted by molar-refractivity contribution is 0.0686. The molecule has 1 aliphatic heterocycles. The van der Waals surface area contributed by atoms with Crippen molar-refractivity contribution in [3.05, 3.63) is 110 Å². The quantitative estimate of drug-likeness (QED) is 0.138. The number of ether oxygens (including phenoxy) is 1. The van der Waals surface area contributed by atoms with Crippen LogP contribution in [-0.2, 0) is 27.1 Å². The van der Waals surface area contributed by atoms with E-state index < -0.39 is 5.97 Å². The number of carboxylic acid groups (broad SMARTS) is 1. The molecule has 0 bridgehead atoms. The molecule has 1 aliphatic rings. The molecule has 1 atom stereocenters. The molecule has 0 spiro atoms. The molecule has 4 aromatic heterocycles. The number of benzene rings is 3. The van der Waals surface area contributed by atoms with Crippen molar-refractivity contribution in [2.45, 2.75) is 60.0 Å². The Morgan fingerprint density at radius 1 is 0.982 bits per heavy atom. The fourth-order valence-electron chi connectivity index (χ4n) is 8.42. The van der Waals surface area contributed by atoms with Crippen molar-refractivity contribution in [1.82, 2.24) is 33.9 Å². The van der Waals surface area contributed by atoms with Crippen LogP contribution in [0.4, 0.5) is 5.69 Å². The monoisotopic (exact) mass is 792 g/mol. The van der Waals surface area contributed by atoms with Gasteiger partial charge in [-0.3, -0.25) is 9.48 Å². The first-order valence-corrected chi connectivity index (χ1v) is 19.3. The topological polar surface area (TPSA) is 125 Å². The van der Waals surface area contributed by atoms with Crippen LogP contribution in [0.3, 0.4) is 0 Å². The van der Waals surface area contributed by atoms with Crippen molar-refractivity contribution >= 4 is 62.6 Å². The Morgan fingerprint density at radius 2 is 1.73 bits per heavy atom. The number of fused-ring (bicyclic) bond motifs is 4. The third-order valence-corrected chi connectivity index (χ3v) is 11.9. The van der Waals surface area contributed by atoms with Gasteiger partial charge in [0.15, 0.2) is 0 Å². The summed E-state index contributed by atoms with van der Waals surface area (Å²) in [5.74, 6) is -0.509. The number of rotatable bonds is 10. The van der Waals surface area contributed by atoms with Gasteiger partial charge >= 0.3 is 5.97 Å². The predicted octanol–water partition coefficient (Wildman–Crippen LogP) is 8.64. The molecule has 5 heterocycles. The average molecular weight is 794 g/mol. The van der Waals surface area contributed by atoms with Gasteiger partial charge in [0.25, 0.3) is 5.91 Å². The number of halogens is 2. The molecule has 0 saturated carbocycles. The number of para-hydroxylation sites is 1. The summed E-state index contributed by atoms with van der Waals surface area (Å²) in [6.07, 6.45) is 2.81. The summed E-state index contributed by atoms with van der Waals surface area (Å²) < 4.78 is 12.0. The van der Waals surface area contributed by atoms with Crippen molar-refractivity contribution in [3.8, 4) is 16.9 Å². The van der Waals surface area contributed by atoms with Gasteiger partial charge in [-0.05, 0) is 94.5 Å². The van der Waals surface area contributed by atoms with E-state index in [-0.39, 0.29) is 24.2 Å². The van der Waals surface area contributed by atoms with Crippen molar-refractivity contribution in [2.24, 2.45) is 14.1 Å². The summed E-state index contributed by atoms with van der Waals surface area (Å²) in [4.78, 5) is 31.1. The number of carbonyl (C=O) groups excluding carboxylic acids is 1. The van der Waals surface area contributed by atoms with Crippen molar-refractivity contribution in [3.63, 3.8) is 0 Å². The Labute approximate surface area is 333 Å². The highest BCUT2D eigenvalue weighted by Gasteiger charge is 2.38. The molecule has 1 amide bonds. The van der Waals surface area contributed by atoms with Crippen LogP contribution >= 0.6 is 23.2 Å². The van der Waals surface area contributed by atoms with Gasteiger partial charge in [0.2, 0.25) is 0 Å². The third-order valence-electron chi connectivity index (χ3n) is 10.9. The van der Waals surface area contributed by atoms with E-state index >= 15 is 4.79 Å². The molecule has 14 heteroatoms. The first-order chi connectivity index (χ1) is 26.7. The number of aromatic nitrogens is 7. The Kier molecular flexibility index (Phi) is 9.45. The highest BCUT2D eigenvalue weighted by molar-refractivity contribution is 6.35. The lowest BCUT2D eigenvalue weighted by Crippen LogP contribution is -2.43. The second-order valence-electron chi connectivity index (χ2n) is 14.7. The van der Waals surface area contributed by atoms with E-state index in [9.17, 15) is 9.90 Å². The highest BCUT2D eigenvalue weighted by Crippen LogP contribution is 2.46. The van der Waals surface area contributed by atoms with E-state index in [4.69, 9.17) is 33.0 Å². The zero-order valence-corrected chi connectivity index (χ0v) is 33.8. The molecule has 0 saturated heterocycles. The van der Waals surface area contributed by atoms with Crippen LogP contribution in [0.1, 0.15) is 74.1 Å². The SMILES string of the molecule is Cc1cc(OCCCc2c3n(c4c(-c5c(C)nn(C)c5C)c(Cl)ccc24)C(C)CN(c2cccc4cc(C(=O)O)n(Cc5cnn(C)n5)c24)C3=O)cc(C)c1Cl. The average Bonchev–Trinajstić information content (AvgIpc) is 3.90. The van der Waals surface area contributed by atoms with Crippen LogP contribution in [0.2, 0.25) is 10.0 Å². The van der Waals surface area contributed by atoms with Gasteiger partial charge in [0.1, 0.15) is 22.8 Å². The minimum Gasteiger partial charge on any atom is -0.494 e. The van der Waals surface area contributed by atoms with Gasteiger partial charge < -0.3 is 23.9 Å². The Bertz CT molecular complexity index is 2720. The minimum absolute atomic E-state index is 0.0954. The molecule has 12 nitrogen and oxygen atoms in total. The molecule has 3 aromatic carbocycles. The van der Waals surface area contributed by atoms with Gasteiger partial charge in [-0.15, -0.1) is 0 Å². The van der Waals surface area contributed by atoms with Gasteiger partial charge in [-0.1, -0.05) is 41.4 Å². The molecule has 0 radical (unpaired) electrons. The van der Waals surface area contributed by atoms with Crippen LogP contribution in [0.25, 0.3) is 32.9 Å². The molecule has 7 aromatic rings. The molecular weight excluding hydrogens is 751 g/mol. The number of hydrogen-bond donors (Lipinski definition) is 1. The molecule has 0 aliphatic carbocycles. The number of carbonyl (C=O) groups is 2. The van der Waals surface area contributed by atoms with Gasteiger partial charge in [-0.25, -0.2) is 4.79 Å². The normalized spacial score (nSPS) is 14.3. The Hall–Kier alpha value is -5.59. The number of anilines is 1. The summed E-state index contributed by atoms with van der Waals surface area (Å²) in [5, 5.41) is 26.6. The maximum atomic E-state index is 15.3. The minimum atomic E-state index is -1.08. The largest absolute Gasteiger partial charge is 0.494 e. The van der Waals surface area contributed by atoms with E-state index in [1.54, 1.807) is 28.8 Å². The second kappa shape index (κ2) is 14.2. The van der Waals surface area contributed by atoms with Gasteiger partial charge in [0.05, 0.1) is 46.8 Å². The molecule has 1 unspecified atom stereocenters. The molecule has 8 rings (SSSR count). The van der Waals surface area contributed by atoms with Crippen molar-refractivity contribution in [2.75, 3.05) is 18.1 Å². The molecule has 56 heavy (non-hydrogen) atoms. The van der Waals surface area contributed by atoms with E-state index in [0.717, 1.165) is 60.9 Å². The lowest BCUT2D eigenvalue weighted by atomic mass is 9.98. The smallest absolute Gasteiger partial charge is 0.352 e. The van der Waals surface area contributed by atoms with E-state index in [1.807, 2.05) is 81.9 Å². The zero-order valence-electron chi connectivity index (χ0n) is 32.3. The van der Waals surface area contributed by atoms with Crippen LogP contribution in [0, 0.1) is 27.7 Å². The first kappa shape index (κ1) is 37.3. The van der Waals surface area contributed by atoms with Crippen molar-refractivity contribution in [1.29, 1.82) is 0 Å². The summed E-state index contributed by atoms with van der Waals surface area (Å²) in [6.45, 7) is 11.0. The Morgan fingerprint density at radius 3 is 2.39 bits per heavy atom. The number of aryl methyl sites for hydroxylation is 6. The third kappa shape index (κ3) is 6.11. The predicted molar refractivity (Wildman–Crippen MR) is 219 cm³/mol. The van der Waals surface area contributed by atoms with E-state index in [2.05, 4.69) is 21.7 Å². The van der Waals surface area contributed by atoms with Gasteiger partial charge in [-0.2, -0.15) is 20.1 Å². The number of carboxylic acids is 1. The first-order valence-electron chi connectivity index (χ1n) is 18.5. The summed E-state index contributed by atoms with van der Waals surface area (Å²) >= 11 is 13.5.